The zero-order valence-corrected chi connectivity index (χ0v) is 12.7. The number of benzene rings is 2. The van der Waals surface area contributed by atoms with Crippen molar-refractivity contribution in [1.82, 2.24) is 4.98 Å². The Kier molecular flexibility index (Phi) is 3.85. The van der Waals surface area contributed by atoms with Crippen LogP contribution < -0.4 is 14.6 Å². The number of hydrogen-bond acceptors (Lipinski definition) is 5. The summed E-state index contributed by atoms with van der Waals surface area (Å²) in [4.78, 5) is 16.1. The second-order valence-corrected chi connectivity index (χ2v) is 4.93. The molecule has 0 spiro atoms. The molecule has 0 unspecified atom stereocenters. The fourth-order valence-electron chi connectivity index (χ4n) is 2.49. The lowest BCUT2D eigenvalue weighted by Gasteiger charge is -2.13. The van der Waals surface area contributed by atoms with Crippen LogP contribution in [0.25, 0.3) is 22.2 Å². The smallest absolute Gasteiger partial charge is 0.145 e. The first-order valence-corrected chi connectivity index (χ1v) is 6.97. The third kappa shape index (κ3) is 2.68. The largest absolute Gasteiger partial charge is 0.545 e. The van der Waals surface area contributed by atoms with Gasteiger partial charge >= 0.3 is 0 Å². The minimum Gasteiger partial charge on any atom is -0.545 e. The van der Waals surface area contributed by atoms with Crippen LogP contribution in [0.3, 0.4) is 0 Å². The highest BCUT2D eigenvalue weighted by Crippen LogP contribution is 2.31. The van der Waals surface area contributed by atoms with Gasteiger partial charge in [0.15, 0.2) is 0 Å². The first-order chi connectivity index (χ1) is 11.1. The number of para-hydroxylation sites is 1. The molecule has 2 aromatic carbocycles. The summed E-state index contributed by atoms with van der Waals surface area (Å²) in [5.41, 5.74) is 1.82. The molecule has 0 saturated heterocycles. The standard InChI is InChI=1S/C18H15NO4/c1-22-12-6-3-5-11(9-12)15-10-14(18(20)21)13-7-4-8-16(23-2)17(13)19-15/h3-10H,1-2H3,(H,20,21)/p-1. The van der Waals surface area contributed by atoms with Crippen LogP contribution in [0.5, 0.6) is 11.5 Å². The van der Waals surface area contributed by atoms with Crippen LogP contribution in [0.15, 0.2) is 48.5 Å². The van der Waals surface area contributed by atoms with Gasteiger partial charge in [-0.25, -0.2) is 4.98 Å². The Bertz CT molecular complexity index is 889. The molecule has 0 atom stereocenters. The summed E-state index contributed by atoms with van der Waals surface area (Å²) in [5, 5.41) is 12.0. The van der Waals surface area contributed by atoms with E-state index >= 15 is 0 Å². The molecule has 5 heteroatoms. The Labute approximate surface area is 133 Å². The van der Waals surface area contributed by atoms with Crippen molar-refractivity contribution in [1.29, 1.82) is 0 Å². The number of aromatic carboxylic acids is 1. The van der Waals surface area contributed by atoms with Crippen molar-refractivity contribution in [3.63, 3.8) is 0 Å². The molecule has 0 saturated carbocycles. The van der Waals surface area contributed by atoms with Gasteiger partial charge in [-0.15, -0.1) is 0 Å². The number of rotatable bonds is 4. The molecule has 1 heterocycles. The Morgan fingerprint density at radius 2 is 1.83 bits per heavy atom. The third-order valence-electron chi connectivity index (χ3n) is 3.61. The van der Waals surface area contributed by atoms with Gasteiger partial charge in [0, 0.05) is 16.5 Å². The van der Waals surface area contributed by atoms with Gasteiger partial charge in [0.25, 0.3) is 0 Å². The van der Waals surface area contributed by atoms with Gasteiger partial charge in [0.05, 0.1) is 25.9 Å². The molecule has 0 aliphatic heterocycles. The van der Waals surface area contributed by atoms with Gasteiger partial charge in [-0.05, 0) is 24.3 Å². The maximum atomic E-state index is 11.5. The Hall–Kier alpha value is -3.08. The average Bonchev–Trinajstić information content (AvgIpc) is 2.60. The van der Waals surface area contributed by atoms with E-state index in [9.17, 15) is 9.90 Å². The van der Waals surface area contributed by atoms with Crippen molar-refractivity contribution < 1.29 is 19.4 Å². The molecule has 0 radical (unpaired) electrons. The highest BCUT2D eigenvalue weighted by Gasteiger charge is 2.12. The SMILES string of the molecule is COc1cccc(-c2cc(C(=O)[O-])c3cccc(OC)c3n2)c1. The molecular formula is C18H14NO4-. The lowest BCUT2D eigenvalue weighted by atomic mass is 10.0. The minimum absolute atomic E-state index is 0.0757. The molecule has 1 aromatic heterocycles. The van der Waals surface area contributed by atoms with E-state index in [4.69, 9.17) is 9.47 Å². The molecule has 23 heavy (non-hydrogen) atoms. The van der Waals surface area contributed by atoms with Gasteiger partial charge < -0.3 is 19.4 Å². The number of pyridine rings is 1. The van der Waals surface area contributed by atoms with Crippen LogP contribution in [0.4, 0.5) is 0 Å². The Morgan fingerprint density at radius 1 is 1.04 bits per heavy atom. The van der Waals surface area contributed by atoms with E-state index < -0.39 is 5.97 Å². The summed E-state index contributed by atoms with van der Waals surface area (Å²) in [6.45, 7) is 0. The maximum Gasteiger partial charge on any atom is 0.145 e. The van der Waals surface area contributed by atoms with Gasteiger partial charge in [-0.2, -0.15) is 0 Å². The van der Waals surface area contributed by atoms with Crippen LogP contribution in [0, 0.1) is 0 Å². The van der Waals surface area contributed by atoms with Crippen LogP contribution in [0.1, 0.15) is 10.4 Å². The summed E-state index contributed by atoms with van der Waals surface area (Å²) < 4.78 is 10.5. The number of hydrogen-bond donors (Lipinski definition) is 0. The van der Waals surface area contributed by atoms with Crippen molar-refractivity contribution in [3.05, 3.63) is 54.1 Å². The Balaban J connectivity index is 2.31. The summed E-state index contributed by atoms with van der Waals surface area (Å²) in [6, 6.07) is 13.9. The summed E-state index contributed by atoms with van der Waals surface area (Å²) >= 11 is 0. The topological polar surface area (TPSA) is 71.5 Å². The van der Waals surface area contributed by atoms with E-state index in [1.807, 2.05) is 18.2 Å². The first kappa shape index (κ1) is 14.8. The van der Waals surface area contributed by atoms with Crippen LogP contribution >= 0.6 is 0 Å². The van der Waals surface area contributed by atoms with Crippen LogP contribution in [0.2, 0.25) is 0 Å². The number of carbonyl (C=O) groups excluding carboxylic acids is 1. The molecule has 0 amide bonds. The summed E-state index contributed by atoms with van der Waals surface area (Å²) in [7, 11) is 3.09. The molecule has 0 aliphatic rings. The molecule has 0 bridgehead atoms. The fourth-order valence-corrected chi connectivity index (χ4v) is 2.49. The van der Waals surface area contributed by atoms with E-state index in [1.54, 1.807) is 31.4 Å². The van der Waals surface area contributed by atoms with E-state index in [2.05, 4.69) is 4.98 Å². The second-order valence-electron chi connectivity index (χ2n) is 4.93. The predicted molar refractivity (Wildman–Crippen MR) is 84.6 cm³/mol. The van der Waals surface area contributed by atoms with Gasteiger partial charge in [0.2, 0.25) is 0 Å². The maximum absolute atomic E-state index is 11.5. The summed E-state index contributed by atoms with van der Waals surface area (Å²) in [5.74, 6) is -0.0797. The van der Waals surface area contributed by atoms with Crippen molar-refractivity contribution in [2.45, 2.75) is 0 Å². The normalized spacial score (nSPS) is 10.5. The number of nitrogens with zero attached hydrogens (tertiary/aromatic N) is 1. The Morgan fingerprint density at radius 3 is 2.52 bits per heavy atom. The first-order valence-electron chi connectivity index (χ1n) is 6.97. The van der Waals surface area contributed by atoms with Crippen LogP contribution in [-0.2, 0) is 0 Å². The van der Waals surface area contributed by atoms with Crippen molar-refractivity contribution in [3.8, 4) is 22.8 Å². The lowest BCUT2D eigenvalue weighted by molar-refractivity contribution is -0.254. The zero-order chi connectivity index (χ0) is 16.4. The van der Waals surface area contributed by atoms with E-state index in [1.165, 1.54) is 13.2 Å². The van der Waals surface area contributed by atoms with E-state index in [0.717, 1.165) is 5.56 Å². The van der Waals surface area contributed by atoms with Crippen molar-refractivity contribution >= 4 is 16.9 Å². The number of carboxylic acid groups (broad SMARTS) is 1. The quantitative estimate of drug-likeness (QED) is 0.739. The molecular weight excluding hydrogens is 294 g/mol. The molecule has 0 fully saturated rings. The minimum atomic E-state index is -1.25. The lowest BCUT2D eigenvalue weighted by Crippen LogP contribution is -2.22. The number of carboxylic acids is 1. The van der Waals surface area contributed by atoms with Crippen LogP contribution in [-0.4, -0.2) is 25.2 Å². The van der Waals surface area contributed by atoms with Gasteiger partial charge in [-0.3, -0.25) is 0 Å². The van der Waals surface area contributed by atoms with Crippen molar-refractivity contribution in [2.24, 2.45) is 0 Å². The van der Waals surface area contributed by atoms with Gasteiger partial charge in [0.1, 0.15) is 17.0 Å². The molecule has 116 valence electrons. The monoisotopic (exact) mass is 308 g/mol. The molecule has 3 aromatic rings. The molecule has 3 rings (SSSR count). The number of aromatic nitrogens is 1. The predicted octanol–water partition coefficient (Wildman–Crippen LogP) is 2.28. The van der Waals surface area contributed by atoms with E-state index in [-0.39, 0.29) is 5.56 Å². The molecule has 0 aliphatic carbocycles. The molecule has 0 N–H and O–H groups in total. The highest BCUT2D eigenvalue weighted by atomic mass is 16.5. The van der Waals surface area contributed by atoms with Gasteiger partial charge in [-0.1, -0.05) is 24.3 Å². The average molecular weight is 308 g/mol. The summed E-state index contributed by atoms with van der Waals surface area (Å²) in [6.07, 6.45) is 0. The highest BCUT2D eigenvalue weighted by molar-refractivity contribution is 6.04. The van der Waals surface area contributed by atoms with E-state index in [0.29, 0.717) is 28.1 Å². The fraction of sp³-hybridized carbons (Fsp3) is 0.111. The zero-order valence-electron chi connectivity index (χ0n) is 12.7. The second kappa shape index (κ2) is 5.96. The number of carbonyl (C=O) groups is 1. The number of fused-ring (bicyclic) bond motifs is 1. The third-order valence-corrected chi connectivity index (χ3v) is 3.61. The number of methoxy groups -OCH3 is 2. The number of ether oxygens (including phenoxy) is 2. The van der Waals surface area contributed by atoms with Crippen molar-refractivity contribution in [2.75, 3.05) is 14.2 Å². The molecule has 5 nitrogen and oxygen atoms in total.